The molecule has 1 saturated heterocycles. The Morgan fingerprint density at radius 2 is 2.04 bits per heavy atom. The molecule has 1 aliphatic carbocycles. The number of hydrogen-bond donors (Lipinski definition) is 0. The van der Waals surface area contributed by atoms with Crippen molar-refractivity contribution >= 4 is 17.2 Å². The number of ether oxygens (including phenoxy) is 1. The van der Waals surface area contributed by atoms with Crippen molar-refractivity contribution in [2.75, 3.05) is 33.8 Å². The highest BCUT2D eigenvalue weighted by Gasteiger charge is 2.44. The van der Waals surface area contributed by atoms with Crippen LogP contribution >= 0.6 is 11.3 Å². The summed E-state index contributed by atoms with van der Waals surface area (Å²) in [6, 6.07) is 1.82. The van der Waals surface area contributed by atoms with Crippen molar-refractivity contribution in [3.05, 3.63) is 29.5 Å². The van der Waals surface area contributed by atoms with Crippen LogP contribution < -0.4 is 0 Å². The van der Waals surface area contributed by atoms with Crippen LogP contribution in [0.4, 0.5) is 0 Å². The third-order valence-corrected chi connectivity index (χ3v) is 6.29. The van der Waals surface area contributed by atoms with E-state index in [2.05, 4.69) is 19.9 Å². The van der Waals surface area contributed by atoms with Crippen molar-refractivity contribution in [3.63, 3.8) is 0 Å². The van der Waals surface area contributed by atoms with Crippen molar-refractivity contribution < 1.29 is 9.53 Å². The van der Waals surface area contributed by atoms with E-state index in [9.17, 15) is 4.79 Å². The molecular weight excluding hydrogens is 362 g/mol. The fourth-order valence-electron chi connectivity index (χ4n) is 4.01. The molecule has 8 heteroatoms. The minimum atomic E-state index is -0.158. The summed E-state index contributed by atoms with van der Waals surface area (Å²) >= 11 is 1.36. The number of hydrogen-bond acceptors (Lipinski definition) is 7. The van der Waals surface area contributed by atoms with E-state index in [1.54, 1.807) is 24.7 Å². The maximum Gasteiger partial charge on any atom is 0.266 e. The summed E-state index contributed by atoms with van der Waals surface area (Å²) in [5.41, 5.74) is -0.158. The summed E-state index contributed by atoms with van der Waals surface area (Å²) < 4.78 is 6.28. The van der Waals surface area contributed by atoms with Crippen LogP contribution in [0.3, 0.4) is 0 Å². The Bertz CT molecular complexity index is 788. The van der Waals surface area contributed by atoms with Gasteiger partial charge in [-0.3, -0.25) is 4.79 Å². The number of morpholine rings is 1. The molecule has 1 amide bonds. The van der Waals surface area contributed by atoms with E-state index in [1.807, 2.05) is 19.0 Å². The molecule has 2 fully saturated rings. The molecule has 0 aromatic carbocycles. The zero-order chi connectivity index (χ0) is 18.9. The van der Waals surface area contributed by atoms with Crippen LogP contribution in [0.1, 0.15) is 35.4 Å². The number of carbonyl (C=O) groups is 1. The average Bonchev–Trinajstić information content (AvgIpc) is 3.33. The zero-order valence-electron chi connectivity index (χ0n) is 15.8. The number of rotatable bonds is 4. The number of aromatic nitrogens is 3. The molecule has 7 nitrogen and oxygen atoms in total. The quantitative estimate of drug-likeness (QED) is 0.802. The average molecular weight is 388 g/mol. The van der Waals surface area contributed by atoms with E-state index >= 15 is 0 Å². The summed E-state index contributed by atoms with van der Waals surface area (Å²) in [6.45, 7) is 2.05. The molecule has 1 unspecified atom stereocenters. The van der Waals surface area contributed by atoms with Crippen LogP contribution in [0, 0.1) is 0 Å². The molecule has 0 N–H and O–H groups in total. The highest BCUT2D eigenvalue weighted by atomic mass is 32.1. The molecule has 144 valence electrons. The van der Waals surface area contributed by atoms with Crippen LogP contribution in [0.5, 0.6) is 0 Å². The first kappa shape index (κ1) is 18.5. The minimum Gasteiger partial charge on any atom is -0.371 e. The molecule has 2 aromatic rings. The van der Waals surface area contributed by atoms with Crippen LogP contribution in [0.15, 0.2) is 24.7 Å². The van der Waals surface area contributed by atoms with E-state index < -0.39 is 0 Å². The molecule has 3 heterocycles. The first-order valence-corrected chi connectivity index (χ1v) is 10.2. The largest absolute Gasteiger partial charge is 0.371 e. The fraction of sp³-hybridized carbons (Fsp3) is 0.579. The predicted molar refractivity (Wildman–Crippen MR) is 104 cm³/mol. The van der Waals surface area contributed by atoms with Gasteiger partial charge in [0.05, 0.1) is 31.0 Å². The molecule has 0 bridgehead atoms. The molecule has 1 atom stereocenters. The summed E-state index contributed by atoms with van der Waals surface area (Å²) in [4.78, 5) is 31.0. The second kappa shape index (κ2) is 7.61. The Labute approximate surface area is 163 Å². The van der Waals surface area contributed by atoms with Crippen molar-refractivity contribution in [3.8, 4) is 10.8 Å². The Hall–Kier alpha value is -1.90. The molecule has 2 aromatic heterocycles. The first-order chi connectivity index (χ1) is 13.1. The van der Waals surface area contributed by atoms with E-state index in [0.29, 0.717) is 28.9 Å². The third-order valence-electron chi connectivity index (χ3n) is 5.31. The van der Waals surface area contributed by atoms with Crippen LogP contribution in [-0.2, 0) is 4.74 Å². The predicted octanol–water partition coefficient (Wildman–Crippen LogP) is 2.32. The smallest absolute Gasteiger partial charge is 0.266 e. The lowest BCUT2D eigenvalue weighted by atomic mass is 9.97. The number of nitrogens with zero attached hydrogens (tertiary/aromatic N) is 5. The third kappa shape index (κ3) is 3.88. The summed E-state index contributed by atoms with van der Waals surface area (Å²) in [7, 11) is 4.06. The van der Waals surface area contributed by atoms with Crippen molar-refractivity contribution in [2.24, 2.45) is 0 Å². The van der Waals surface area contributed by atoms with Gasteiger partial charge in [0.2, 0.25) is 0 Å². The Kier molecular flexibility index (Phi) is 5.21. The summed E-state index contributed by atoms with van der Waals surface area (Å²) in [5, 5.41) is 0.673. The Morgan fingerprint density at radius 3 is 2.74 bits per heavy atom. The van der Waals surface area contributed by atoms with E-state index in [1.165, 1.54) is 24.2 Å². The Morgan fingerprint density at radius 1 is 1.30 bits per heavy atom. The van der Waals surface area contributed by atoms with Gasteiger partial charge in [0.15, 0.2) is 10.8 Å². The standard InChI is InChI=1S/C19H25N5O2S/c1-23(2)11-14-12-26-19(6-3-4-7-19)13-24(14)18(25)15-10-22-17(27-15)16-20-8-5-9-21-16/h5,8-10,14H,3-4,6-7,11-13H2,1-2H3. The van der Waals surface area contributed by atoms with Gasteiger partial charge in [-0.2, -0.15) is 0 Å². The van der Waals surface area contributed by atoms with Gasteiger partial charge in [-0.1, -0.05) is 12.8 Å². The van der Waals surface area contributed by atoms with Crippen molar-refractivity contribution in [2.45, 2.75) is 37.3 Å². The lowest BCUT2D eigenvalue weighted by Gasteiger charge is -2.46. The monoisotopic (exact) mass is 387 g/mol. The van der Waals surface area contributed by atoms with Gasteiger partial charge < -0.3 is 14.5 Å². The zero-order valence-corrected chi connectivity index (χ0v) is 16.6. The maximum absolute atomic E-state index is 13.4. The second-order valence-electron chi connectivity index (χ2n) is 7.65. The molecule has 27 heavy (non-hydrogen) atoms. The summed E-state index contributed by atoms with van der Waals surface area (Å²) in [6.07, 6.45) is 9.46. The number of likely N-dealkylation sites (N-methyl/N-ethyl adjacent to an activating group) is 1. The first-order valence-electron chi connectivity index (χ1n) is 9.39. The second-order valence-corrected chi connectivity index (χ2v) is 8.68. The summed E-state index contributed by atoms with van der Waals surface area (Å²) in [5.74, 6) is 0.594. The molecular formula is C19H25N5O2S. The van der Waals surface area contributed by atoms with E-state index in [-0.39, 0.29) is 17.6 Å². The molecule has 4 rings (SSSR count). The molecule has 1 saturated carbocycles. The molecule has 1 spiro atoms. The van der Waals surface area contributed by atoms with Crippen LogP contribution in [-0.4, -0.2) is 76.1 Å². The lowest BCUT2D eigenvalue weighted by molar-refractivity contribution is -0.121. The molecule has 1 aliphatic heterocycles. The number of amides is 1. The highest BCUT2D eigenvalue weighted by Crippen LogP contribution is 2.38. The lowest BCUT2D eigenvalue weighted by Crippen LogP contribution is -2.59. The van der Waals surface area contributed by atoms with E-state index in [0.717, 1.165) is 19.4 Å². The van der Waals surface area contributed by atoms with Crippen LogP contribution in [0.25, 0.3) is 10.8 Å². The van der Waals surface area contributed by atoms with Gasteiger partial charge in [-0.25, -0.2) is 15.0 Å². The van der Waals surface area contributed by atoms with Gasteiger partial charge in [0.25, 0.3) is 5.91 Å². The van der Waals surface area contributed by atoms with Gasteiger partial charge in [-0.05, 0) is 33.0 Å². The molecule has 2 aliphatic rings. The minimum absolute atomic E-state index is 0.0381. The number of thiazole rings is 1. The normalized spacial score (nSPS) is 21.9. The van der Waals surface area contributed by atoms with Gasteiger partial charge >= 0.3 is 0 Å². The fourth-order valence-corrected chi connectivity index (χ4v) is 4.83. The Balaban J connectivity index is 1.57. The van der Waals surface area contributed by atoms with Crippen molar-refractivity contribution in [1.82, 2.24) is 24.8 Å². The SMILES string of the molecule is CN(C)CC1COC2(CCCC2)CN1C(=O)c1cnc(-c2ncccn2)s1. The van der Waals surface area contributed by atoms with Crippen molar-refractivity contribution in [1.29, 1.82) is 0 Å². The topological polar surface area (TPSA) is 71.5 Å². The van der Waals surface area contributed by atoms with Crippen LogP contribution in [0.2, 0.25) is 0 Å². The van der Waals surface area contributed by atoms with Gasteiger partial charge in [0.1, 0.15) is 4.88 Å². The van der Waals surface area contributed by atoms with Gasteiger partial charge in [-0.15, -0.1) is 11.3 Å². The maximum atomic E-state index is 13.4. The van der Waals surface area contributed by atoms with E-state index in [4.69, 9.17) is 4.74 Å². The highest BCUT2D eigenvalue weighted by molar-refractivity contribution is 7.16. The molecule has 0 radical (unpaired) electrons. The number of carbonyl (C=O) groups excluding carboxylic acids is 1. The van der Waals surface area contributed by atoms with Gasteiger partial charge in [0, 0.05) is 18.9 Å².